The van der Waals surface area contributed by atoms with Gasteiger partial charge in [-0.3, -0.25) is 9.79 Å². The average molecular weight is 379 g/mol. The first-order valence-electron chi connectivity index (χ1n) is 8.52. The Labute approximate surface area is 159 Å². The van der Waals surface area contributed by atoms with Gasteiger partial charge in [-0.15, -0.1) is 5.10 Å². The molecule has 2 aromatic heterocycles. The van der Waals surface area contributed by atoms with E-state index < -0.39 is 0 Å². The molecule has 1 aliphatic heterocycles. The first-order valence-corrected chi connectivity index (χ1v) is 8.52. The molecule has 11 heteroatoms. The van der Waals surface area contributed by atoms with Crippen LogP contribution in [0.15, 0.2) is 39.0 Å². The van der Waals surface area contributed by atoms with E-state index in [9.17, 15) is 4.79 Å². The topological polar surface area (TPSA) is 149 Å². The second-order valence-electron chi connectivity index (χ2n) is 6.29. The zero-order valence-corrected chi connectivity index (χ0v) is 15.2. The van der Waals surface area contributed by atoms with Crippen LogP contribution in [0.3, 0.4) is 0 Å². The number of nitrogens with zero attached hydrogens (tertiary/aromatic N) is 7. The van der Waals surface area contributed by atoms with Crippen LogP contribution < -0.4 is 11.2 Å². The number of hydrogen-bond donors (Lipinski definition) is 2. The number of carbonyl (C=O) groups is 1. The normalized spacial score (nSPS) is 15.6. The number of anilines is 1. The average Bonchev–Trinajstić information content (AvgIpc) is 3.39. The lowest BCUT2D eigenvalue weighted by molar-refractivity contribution is -0.121. The molecular formula is C17H17N9O2. The molecule has 0 fully saturated rings. The SMILES string of the molecule is C/C(=N/NC(=O)C[C@H]1C=Nc2ccccc21)c1nnn(-c2nonc2N)c1C. The monoisotopic (exact) mass is 379 g/mol. The third-order valence-electron chi connectivity index (χ3n) is 4.42. The Hall–Kier alpha value is -3.89. The van der Waals surface area contributed by atoms with Crippen LogP contribution in [0.4, 0.5) is 11.5 Å². The maximum atomic E-state index is 12.3. The van der Waals surface area contributed by atoms with Crippen molar-refractivity contribution in [3.63, 3.8) is 0 Å². The summed E-state index contributed by atoms with van der Waals surface area (Å²) in [4.78, 5) is 16.6. The summed E-state index contributed by atoms with van der Waals surface area (Å²) in [5.74, 6) is 0.0627. The molecule has 0 spiro atoms. The molecular weight excluding hydrogens is 362 g/mol. The minimum atomic E-state index is -0.220. The standard InChI is InChI=1S/C17H17N9O2/c1-9(15-10(2)26(25-22-15)17-16(18)23-28-24-17)20-21-14(27)7-11-8-19-13-6-4-3-5-12(11)13/h3-6,8,11H,7H2,1-2H3,(H2,18,23)(H,21,27)/b20-9-/t11-/m0/s1. The molecule has 1 aliphatic rings. The zero-order chi connectivity index (χ0) is 19.7. The second-order valence-corrected chi connectivity index (χ2v) is 6.29. The van der Waals surface area contributed by atoms with E-state index in [1.165, 1.54) is 4.68 Å². The van der Waals surface area contributed by atoms with Gasteiger partial charge in [0.05, 0.1) is 17.1 Å². The molecule has 0 aliphatic carbocycles. The number of fused-ring (bicyclic) bond motifs is 1. The zero-order valence-electron chi connectivity index (χ0n) is 15.2. The predicted molar refractivity (Wildman–Crippen MR) is 101 cm³/mol. The number of hydrazone groups is 1. The van der Waals surface area contributed by atoms with E-state index in [4.69, 9.17) is 5.73 Å². The van der Waals surface area contributed by atoms with Gasteiger partial charge in [0.15, 0.2) is 0 Å². The predicted octanol–water partition coefficient (Wildman–Crippen LogP) is 1.27. The molecule has 0 saturated carbocycles. The summed E-state index contributed by atoms with van der Waals surface area (Å²) < 4.78 is 5.98. The molecule has 4 rings (SSSR count). The number of nitrogen functional groups attached to an aromatic ring is 1. The summed E-state index contributed by atoms with van der Waals surface area (Å²) in [6, 6.07) is 7.75. The lowest BCUT2D eigenvalue weighted by Crippen LogP contribution is -2.21. The maximum Gasteiger partial charge on any atom is 0.243 e. The van der Waals surface area contributed by atoms with Crippen LogP contribution >= 0.6 is 0 Å². The fourth-order valence-electron chi connectivity index (χ4n) is 2.98. The molecule has 3 heterocycles. The summed E-state index contributed by atoms with van der Waals surface area (Å²) in [6.45, 7) is 3.49. The highest BCUT2D eigenvalue weighted by Gasteiger charge is 2.21. The van der Waals surface area contributed by atoms with Gasteiger partial charge in [0.1, 0.15) is 5.69 Å². The van der Waals surface area contributed by atoms with Crippen LogP contribution in [-0.2, 0) is 4.79 Å². The van der Waals surface area contributed by atoms with E-state index in [1.54, 1.807) is 20.1 Å². The number of nitrogens with two attached hydrogens (primary N) is 1. The fourth-order valence-corrected chi connectivity index (χ4v) is 2.98. The molecule has 11 nitrogen and oxygen atoms in total. The van der Waals surface area contributed by atoms with E-state index >= 15 is 0 Å². The Kier molecular flexibility index (Phi) is 4.39. The van der Waals surface area contributed by atoms with E-state index in [0.29, 0.717) is 17.1 Å². The quantitative estimate of drug-likeness (QED) is 0.500. The number of aliphatic imine (C=N–C) groups is 1. The molecule has 3 aromatic rings. The van der Waals surface area contributed by atoms with E-state index in [1.807, 2.05) is 24.3 Å². The third-order valence-corrected chi connectivity index (χ3v) is 4.42. The summed E-state index contributed by atoms with van der Waals surface area (Å²) in [6.07, 6.45) is 2.04. The highest BCUT2D eigenvalue weighted by molar-refractivity contribution is 5.98. The molecule has 28 heavy (non-hydrogen) atoms. The summed E-state index contributed by atoms with van der Waals surface area (Å²) in [5, 5.41) is 19.4. The van der Waals surface area contributed by atoms with Crippen molar-refractivity contribution in [2.24, 2.45) is 10.1 Å². The first kappa shape index (κ1) is 17.5. The lowest BCUT2D eigenvalue weighted by atomic mass is 9.98. The molecule has 1 amide bonds. The fraction of sp³-hybridized carbons (Fsp3) is 0.235. The Morgan fingerprint density at radius 2 is 2.18 bits per heavy atom. The minimum Gasteiger partial charge on any atom is -0.378 e. The van der Waals surface area contributed by atoms with Gasteiger partial charge in [0, 0.05) is 18.6 Å². The Morgan fingerprint density at radius 1 is 1.36 bits per heavy atom. The molecule has 3 N–H and O–H groups in total. The molecule has 0 saturated heterocycles. The van der Waals surface area contributed by atoms with Crippen molar-refractivity contribution in [1.29, 1.82) is 0 Å². The van der Waals surface area contributed by atoms with Crippen LogP contribution in [0.5, 0.6) is 0 Å². The Balaban J connectivity index is 1.44. The van der Waals surface area contributed by atoms with Crippen LogP contribution in [0.2, 0.25) is 0 Å². The van der Waals surface area contributed by atoms with Crippen LogP contribution in [0.1, 0.15) is 36.2 Å². The largest absolute Gasteiger partial charge is 0.378 e. The number of para-hydroxylation sites is 1. The number of hydrogen-bond acceptors (Lipinski definition) is 9. The van der Waals surface area contributed by atoms with Crippen molar-refractivity contribution in [1.82, 2.24) is 30.7 Å². The number of carbonyl (C=O) groups excluding carboxylic acids is 1. The minimum absolute atomic E-state index is 0.0584. The van der Waals surface area contributed by atoms with Crippen molar-refractivity contribution in [3.8, 4) is 5.82 Å². The lowest BCUT2D eigenvalue weighted by Gasteiger charge is -2.08. The third kappa shape index (κ3) is 3.13. The van der Waals surface area contributed by atoms with Gasteiger partial charge in [-0.05, 0) is 35.8 Å². The van der Waals surface area contributed by atoms with Gasteiger partial charge >= 0.3 is 0 Å². The van der Waals surface area contributed by atoms with Crippen molar-refractivity contribution in [2.75, 3.05) is 5.73 Å². The number of nitrogens with one attached hydrogen (secondary N) is 1. The molecule has 142 valence electrons. The molecule has 1 aromatic carbocycles. The molecule has 1 atom stereocenters. The van der Waals surface area contributed by atoms with E-state index in [2.05, 4.69) is 40.8 Å². The second kappa shape index (κ2) is 7.02. The van der Waals surface area contributed by atoms with E-state index in [0.717, 1.165) is 11.3 Å². The van der Waals surface area contributed by atoms with Crippen LogP contribution in [-0.4, -0.2) is 43.1 Å². The van der Waals surface area contributed by atoms with Gasteiger partial charge in [-0.2, -0.15) is 9.78 Å². The number of rotatable bonds is 5. The molecule has 0 bridgehead atoms. The first-order chi connectivity index (χ1) is 13.5. The van der Waals surface area contributed by atoms with Gasteiger partial charge in [-0.25, -0.2) is 10.1 Å². The maximum absolute atomic E-state index is 12.3. The van der Waals surface area contributed by atoms with Crippen LogP contribution in [0.25, 0.3) is 5.82 Å². The van der Waals surface area contributed by atoms with Crippen molar-refractivity contribution < 1.29 is 9.42 Å². The summed E-state index contributed by atoms with van der Waals surface area (Å²) in [5.41, 5.74) is 11.8. The summed E-state index contributed by atoms with van der Waals surface area (Å²) >= 11 is 0. The van der Waals surface area contributed by atoms with Gasteiger partial charge in [0.2, 0.25) is 17.5 Å². The van der Waals surface area contributed by atoms with E-state index in [-0.39, 0.29) is 29.9 Å². The van der Waals surface area contributed by atoms with Crippen molar-refractivity contribution >= 4 is 29.3 Å². The van der Waals surface area contributed by atoms with Gasteiger partial charge in [0.25, 0.3) is 0 Å². The molecule has 0 unspecified atom stereocenters. The van der Waals surface area contributed by atoms with Crippen molar-refractivity contribution in [2.45, 2.75) is 26.2 Å². The van der Waals surface area contributed by atoms with Gasteiger partial charge < -0.3 is 5.73 Å². The Morgan fingerprint density at radius 3 is 2.96 bits per heavy atom. The highest BCUT2D eigenvalue weighted by Crippen LogP contribution is 2.33. The summed E-state index contributed by atoms with van der Waals surface area (Å²) in [7, 11) is 0. The number of benzene rings is 1. The Bertz CT molecular complexity index is 1100. The van der Waals surface area contributed by atoms with Gasteiger partial charge in [-0.1, -0.05) is 23.4 Å². The van der Waals surface area contributed by atoms with Crippen LogP contribution in [0, 0.1) is 6.92 Å². The molecule has 0 radical (unpaired) electrons. The highest BCUT2D eigenvalue weighted by atomic mass is 16.6. The number of aromatic nitrogens is 5. The number of amides is 1. The smallest absolute Gasteiger partial charge is 0.243 e. The van der Waals surface area contributed by atoms with Crippen molar-refractivity contribution in [3.05, 3.63) is 41.2 Å².